The van der Waals surface area contributed by atoms with E-state index in [0.29, 0.717) is 11.0 Å². The molecule has 0 aliphatic heterocycles. The van der Waals surface area contributed by atoms with Gasteiger partial charge in [-0.25, -0.2) is 4.39 Å². The fourth-order valence-electron chi connectivity index (χ4n) is 2.22. The van der Waals surface area contributed by atoms with E-state index in [1.807, 2.05) is 34.9 Å². The zero-order valence-corrected chi connectivity index (χ0v) is 14.7. The summed E-state index contributed by atoms with van der Waals surface area (Å²) in [5.74, 6) is 0.572. The quantitative estimate of drug-likeness (QED) is 0.659. The van der Waals surface area contributed by atoms with Gasteiger partial charge in [0.25, 0.3) is 0 Å². The Hall–Kier alpha value is -2.67. The SMILES string of the molecule is CN(C)C(=O)CSc1nnc(-c2ccccc2)n1-c1ccc(F)cc1. The molecular weight excluding hydrogens is 339 g/mol. The van der Waals surface area contributed by atoms with Gasteiger partial charge in [0.05, 0.1) is 5.75 Å². The summed E-state index contributed by atoms with van der Waals surface area (Å²) in [6.07, 6.45) is 0. The van der Waals surface area contributed by atoms with Crippen molar-refractivity contribution in [1.82, 2.24) is 19.7 Å². The average molecular weight is 356 g/mol. The third-order valence-corrected chi connectivity index (χ3v) is 4.49. The number of amides is 1. The van der Waals surface area contributed by atoms with Crippen LogP contribution in [0.5, 0.6) is 0 Å². The molecule has 0 atom stereocenters. The van der Waals surface area contributed by atoms with E-state index in [1.165, 1.54) is 28.8 Å². The third kappa shape index (κ3) is 3.88. The average Bonchev–Trinajstić information content (AvgIpc) is 3.05. The molecule has 1 amide bonds. The summed E-state index contributed by atoms with van der Waals surface area (Å²) in [4.78, 5) is 13.4. The number of nitrogens with zero attached hydrogens (tertiary/aromatic N) is 4. The number of aromatic nitrogens is 3. The largest absolute Gasteiger partial charge is 0.348 e. The van der Waals surface area contributed by atoms with Crippen LogP contribution in [0.4, 0.5) is 4.39 Å². The van der Waals surface area contributed by atoms with Gasteiger partial charge in [-0.05, 0) is 24.3 Å². The molecule has 0 N–H and O–H groups in total. The summed E-state index contributed by atoms with van der Waals surface area (Å²) >= 11 is 1.30. The molecule has 0 radical (unpaired) electrons. The second-order valence-corrected chi connectivity index (χ2v) is 6.50. The van der Waals surface area contributed by atoms with Crippen molar-refractivity contribution in [3.05, 3.63) is 60.4 Å². The van der Waals surface area contributed by atoms with Crippen LogP contribution in [0.3, 0.4) is 0 Å². The predicted octanol–water partition coefficient (Wildman–Crippen LogP) is 3.25. The molecule has 0 saturated heterocycles. The van der Waals surface area contributed by atoms with Crippen LogP contribution >= 0.6 is 11.8 Å². The van der Waals surface area contributed by atoms with Gasteiger partial charge >= 0.3 is 0 Å². The Morgan fingerprint density at radius 3 is 2.40 bits per heavy atom. The van der Waals surface area contributed by atoms with Crippen LogP contribution < -0.4 is 0 Å². The van der Waals surface area contributed by atoms with Crippen LogP contribution in [0.25, 0.3) is 17.1 Å². The normalized spacial score (nSPS) is 10.7. The van der Waals surface area contributed by atoms with Crippen LogP contribution in [0.15, 0.2) is 59.8 Å². The number of carbonyl (C=O) groups is 1. The summed E-state index contributed by atoms with van der Waals surface area (Å²) in [7, 11) is 3.42. The first-order chi connectivity index (χ1) is 12.1. The zero-order chi connectivity index (χ0) is 17.8. The van der Waals surface area contributed by atoms with Gasteiger partial charge in [0.2, 0.25) is 5.91 Å². The third-order valence-electron chi connectivity index (χ3n) is 3.57. The molecule has 3 aromatic rings. The van der Waals surface area contributed by atoms with E-state index in [2.05, 4.69) is 10.2 Å². The van der Waals surface area contributed by atoms with E-state index in [-0.39, 0.29) is 17.5 Å². The van der Waals surface area contributed by atoms with Crippen molar-refractivity contribution in [3.63, 3.8) is 0 Å². The topological polar surface area (TPSA) is 51.0 Å². The van der Waals surface area contributed by atoms with Crippen molar-refractivity contribution in [2.75, 3.05) is 19.8 Å². The molecule has 0 bridgehead atoms. The lowest BCUT2D eigenvalue weighted by atomic mass is 10.2. The Morgan fingerprint density at radius 2 is 1.76 bits per heavy atom. The van der Waals surface area contributed by atoms with Gasteiger partial charge < -0.3 is 4.90 Å². The second-order valence-electron chi connectivity index (χ2n) is 5.56. The molecule has 0 aliphatic carbocycles. The van der Waals surface area contributed by atoms with E-state index in [9.17, 15) is 9.18 Å². The Kier molecular flexibility index (Phi) is 5.14. The van der Waals surface area contributed by atoms with Crippen molar-refractivity contribution in [2.24, 2.45) is 0 Å². The van der Waals surface area contributed by atoms with Gasteiger partial charge in [-0.2, -0.15) is 0 Å². The number of benzene rings is 2. The molecule has 0 fully saturated rings. The Balaban J connectivity index is 2.02. The molecular formula is C18H17FN4OS. The molecule has 5 nitrogen and oxygen atoms in total. The summed E-state index contributed by atoms with van der Waals surface area (Å²) in [5, 5.41) is 9.10. The fourth-order valence-corrected chi connectivity index (χ4v) is 3.15. The van der Waals surface area contributed by atoms with Crippen molar-refractivity contribution >= 4 is 17.7 Å². The van der Waals surface area contributed by atoms with Crippen LogP contribution in [0.2, 0.25) is 0 Å². The summed E-state index contributed by atoms with van der Waals surface area (Å²) < 4.78 is 15.1. The first kappa shape index (κ1) is 17.2. The standard InChI is InChI=1S/C18H17FN4OS/c1-22(2)16(24)12-25-18-21-20-17(13-6-4-3-5-7-13)23(18)15-10-8-14(19)9-11-15/h3-11H,12H2,1-2H3. The maximum Gasteiger partial charge on any atom is 0.232 e. The van der Waals surface area contributed by atoms with E-state index in [4.69, 9.17) is 0 Å². The van der Waals surface area contributed by atoms with Gasteiger partial charge in [-0.15, -0.1) is 10.2 Å². The number of hydrogen-bond acceptors (Lipinski definition) is 4. The summed E-state index contributed by atoms with van der Waals surface area (Å²) in [6, 6.07) is 15.8. The Morgan fingerprint density at radius 1 is 1.08 bits per heavy atom. The molecule has 25 heavy (non-hydrogen) atoms. The van der Waals surface area contributed by atoms with Crippen LogP contribution in [-0.4, -0.2) is 45.4 Å². The summed E-state index contributed by atoms with van der Waals surface area (Å²) in [5.41, 5.74) is 1.63. The van der Waals surface area contributed by atoms with E-state index < -0.39 is 0 Å². The number of rotatable bonds is 5. The highest BCUT2D eigenvalue weighted by molar-refractivity contribution is 7.99. The molecule has 0 unspecified atom stereocenters. The minimum absolute atomic E-state index is 0.0140. The lowest BCUT2D eigenvalue weighted by Gasteiger charge is -2.12. The number of thioether (sulfide) groups is 1. The fraction of sp³-hybridized carbons (Fsp3) is 0.167. The van der Waals surface area contributed by atoms with Crippen molar-refractivity contribution < 1.29 is 9.18 Å². The number of carbonyl (C=O) groups excluding carboxylic acids is 1. The Labute approximate surface area is 149 Å². The minimum Gasteiger partial charge on any atom is -0.348 e. The molecule has 3 rings (SSSR count). The lowest BCUT2D eigenvalue weighted by Crippen LogP contribution is -2.23. The number of halogens is 1. The molecule has 7 heteroatoms. The van der Waals surface area contributed by atoms with E-state index >= 15 is 0 Å². The predicted molar refractivity (Wildman–Crippen MR) is 96.2 cm³/mol. The molecule has 1 aromatic heterocycles. The van der Waals surface area contributed by atoms with Gasteiger partial charge in [-0.1, -0.05) is 42.1 Å². The van der Waals surface area contributed by atoms with Gasteiger partial charge in [0.15, 0.2) is 11.0 Å². The number of hydrogen-bond donors (Lipinski definition) is 0. The highest BCUT2D eigenvalue weighted by atomic mass is 32.2. The minimum atomic E-state index is -0.310. The smallest absolute Gasteiger partial charge is 0.232 e. The van der Waals surface area contributed by atoms with Crippen molar-refractivity contribution in [1.29, 1.82) is 0 Å². The van der Waals surface area contributed by atoms with E-state index in [0.717, 1.165) is 11.3 Å². The molecule has 0 aliphatic rings. The van der Waals surface area contributed by atoms with Crippen molar-refractivity contribution in [3.8, 4) is 17.1 Å². The summed E-state index contributed by atoms with van der Waals surface area (Å²) in [6.45, 7) is 0. The maximum absolute atomic E-state index is 13.3. The molecule has 2 aromatic carbocycles. The van der Waals surface area contributed by atoms with E-state index in [1.54, 1.807) is 26.2 Å². The van der Waals surface area contributed by atoms with Crippen molar-refractivity contribution in [2.45, 2.75) is 5.16 Å². The highest BCUT2D eigenvalue weighted by Gasteiger charge is 2.17. The molecule has 128 valence electrons. The first-order valence-electron chi connectivity index (χ1n) is 7.66. The van der Waals surface area contributed by atoms with Crippen LogP contribution in [0.1, 0.15) is 0 Å². The molecule has 0 spiro atoms. The highest BCUT2D eigenvalue weighted by Crippen LogP contribution is 2.28. The second kappa shape index (κ2) is 7.48. The first-order valence-corrected chi connectivity index (χ1v) is 8.64. The van der Waals surface area contributed by atoms with Gasteiger partial charge in [0.1, 0.15) is 5.82 Å². The van der Waals surface area contributed by atoms with Crippen LogP contribution in [-0.2, 0) is 4.79 Å². The Bertz CT molecular complexity index is 863. The maximum atomic E-state index is 13.3. The van der Waals surface area contributed by atoms with Gasteiger partial charge in [-0.3, -0.25) is 9.36 Å². The lowest BCUT2D eigenvalue weighted by molar-refractivity contribution is -0.125. The van der Waals surface area contributed by atoms with Crippen LogP contribution in [0, 0.1) is 5.82 Å². The molecule has 0 saturated carbocycles. The zero-order valence-electron chi connectivity index (χ0n) is 13.9. The monoisotopic (exact) mass is 356 g/mol. The molecule has 1 heterocycles. The van der Waals surface area contributed by atoms with Gasteiger partial charge in [0, 0.05) is 25.3 Å².